The first-order valence-electron chi connectivity index (χ1n) is 12.1. The Morgan fingerprint density at radius 1 is 1.09 bits per heavy atom. The summed E-state index contributed by atoms with van der Waals surface area (Å²) in [6.07, 6.45) is 6.60. The number of primary amides is 1. The molecule has 3 fully saturated rings. The third kappa shape index (κ3) is 4.38. The molecule has 1 amide bonds. The summed E-state index contributed by atoms with van der Waals surface area (Å²) in [6, 6.07) is 5.19. The lowest BCUT2D eigenvalue weighted by Crippen LogP contribution is -2.37. The summed E-state index contributed by atoms with van der Waals surface area (Å²) in [5.41, 5.74) is 9.34. The predicted octanol–water partition coefficient (Wildman–Crippen LogP) is 5.66. The second-order valence-corrected chi connectivity index (χ2v) is 11.6. The lowest BCUT2D eigenvalue weighted by atomic mass is 9.90. The van der Waals surface area contributed by atoms with Crippen molar-refractivity contribution in [3.8, 4) is 11.1 Å². The van der Waals surface area contributed by atoms with Gasteiger partial charge in [0, 0.05) is 47.3 Å². The van der Waals surface area contributed by atoms with E-state index >= 15 is 0 Å². The number of carbonyl (C=O) groups is 1. The minimum absolute atomic E-state index is 0.197. The summed E-state index contributed by atoms with van der Waals surface area (Å²) in [5.74, 6) is -3.17. The molecule has 2 aliphatic carbocycles. The number of benzene rings is 1. The topological polar surface area (TPSA) is 68.3 Å². The van der Waals surface area contributed by atoms with Crippen molar-refractivity contribution in [2.75, 3.05) is 18.0 Å². The molecule has 34 heavy (non-hydrogen) atoms. The van der Waals surface area contributed by atoms with Crippen molar-refractivity contribution in [1.82, 2.24) is 4.57 Å². The Hall–Kier alpha value is -1.97. The molecule has 182 valence electrons. The van der Waals surface area contributed by atoms with Gasteiger partial charge in [-0.25, -0.2) is 8.78 Å². The lowest BCUT2D eigenvalue weighted by molar-refractivity contribution is -0.0442. The first kappa shape index (κ1) is 23.8. The molecule has 1 aromatic carbocycles. The van der Waals surface area contributed by atoms with Crippen molar-refractivity contribution in [2.45, 2.75) is 70.3 Å². The Morgan fingerprint density at radius 3 is 2.32 bits per heavy atom. The fourth-order valence-corrected chi connectivity index (χ4v) is 6.45. The second kappa shape index (κ2) is 8.60. The Morgan fingerprint density at radius 2 is 1.74 bits per heavy atom. The number of aromatic nitrogens is 1. The highest BCUT2D eigenvalue weighted by Gasteiger charge is 2.45. The van der Waals surface area contributed by atoms with Crippen LogP contribution < -0.4 is 16.2 Å². The average molecular weight is 581 g/mol. The molecule has 1 saturated heterocycles. The fraction of sp³-hybridized carbons (Fsp3) is 0.538. The molecule has 0 unspecified atom stereocenters. The number of alkyl halides is 2. The van der Waals surface area contributed by atoms with Crippen LogP contribution in [0.1, 0.15) is 73.3 Å². The number of carbonyl (C=O) groups excluding carboxylic acids is 1. The number of halogens is 3. The van der Waals surface area contributed by atoms with Crippen molar-refractivity contribution in [3.63, 3.8) is 0 Å². The van der Waals surface area contributed by atoms with Gasteiger partial charge in [-0.2, -0.15) is 0 Å². The lowest BCUT2D eigenvalue weighted by Gasteiger charge is -2.36. The van der Waals surface area contributed by atoms with Crippen molar-refractivity contribution in [3.05, 3.63) is 49.4 Å². The Kier molecular flexibility index (Phi) is 6.01. The molecule has 2 N–H and O–H groups in total. The highest BCUT2D eigenvalue weighted by Crippen LogP contribution is 2.54. The number of hydrogen-bond acceptors (Lipinski definition) is 3. The number of piperidine rings is 1. The molecular weight excluding hydrogens is 551 g/mol. The van der Waals surface area contributed by atoms with E-state index in [0.29, 0.717) is 16.5 Å². The van der Waals surface area contributed by atoms with E-state index in [0.717, 1.165) is 46.3 Å². The van der Waals surface area contributed by atoms with Gasteiger partial charge in [0.1, 0.15) is 0 Å². The summed E-state index contributed by atoms with van der Waals surface area (Å²) in [5, 5.41) is 0. The van der Waals surface area contributed by atoms with E-state index in [1.165, 1.54) is 12.8 Å². The summed E-state index contributed by atoms with van der Waals surface area (Å²) in [4.78, 5) is 28.5. The molecule has 5 rings (SSSR count). The van der Waals surface area contributed by atoms with E-state index in [2.05, 4.69) is 27.5 Å². The van der Waals surface area contributed by atoms with Crippen LogP contribution in [0.25, 0.3) is 11.1 Å². The maximum Gasteiger partial charge on any atom is 0.258 e. The molecule has 2 aromatic rings. The Bertz CT molecular complexity index is 1190. The van der Waals surface area contributed by atoms with Crippen LogP contribution in [0.2, 0.25) is 0 Å². The van der Waals surface area contributed by atoms with Crippen LogP contribution in [-0.4, -0.2) is 29.5 Å². The van der Waals surface area contributed by atoms with Gasteiger partial charge in [0.05, 0.1) is 16.8 Å². The normalized spacial score (nSPS) is 21.6. The van der Waals surface area contributed by atoms with E-state index in [1.807, 2.05) is 19.1 Å². The zero-order valence-corrected chi connectivity index (χ0v) is 21.5. The summed E-state index contributed by atoms with van der Waals surface area (Å²) >= 11 is 2.22. The van der Waals surface area contributed by atoms with Crippen LogP contribution in [0.3, 0.4) is 0 Å². The molecule has 0 bridgehead atoms. The van der Waals surface area contributed by atoms with Gasteiger partial charge in [0.15, 0.2) is 0 Å². The second-order valence-electron chi connectivity index (χ2n) is 10.4. The number of nitrogens with two attached hydrogens (primary N) is 1. The molecule has 1 aliphatic heterocycles. The van der Waals surface area contributed by atoms with E-state index in [4.69, 9.17) is 5.73 Å². The zero-order valence-electron chi connectivity index (χ0n) is 19.4. The summed E-state index contributed by atoms with van der Waals surface area (Å²) < 4.78 is 30.1. The van der Waals surface area contributed by atoms with Gasteiger partial charge in [0.2, 0.25) is 5.92 Å². The number of rotatable bonds is 4. The van der Waals surface area contributed by atoms with Gasteiger partial charge in [-0.15, -0.1) is 0 Å². The smallest absolute Gasteiger partial charge is 0.258 e. The van der Waals surface area contributed by atoms with Crippen molar-refractivity contribution in [1.29, 1.82) is 0 Å². The largest absolute Gasteiger partial charge is 0.370 e. The molecule has 0 atom stereocenters. The molecule has 1 spiro atoms. The highest BCUT2D eigenvalue weighted by atomic mass is 127. The van der Waals surface area contributed by atoms with E-state index < -0.39 is 11.8 Å². The molecule has 0 radical (unpaired) electrons. The maximum absolute atomic E-state index is 13.8. The monoisotopic (exact) mass is 581 g/mol. The van der Waals surface area contributed by atoms with Crippen LogP contribution in [0.5, 0.6) is 0 Å². The first-order valence-corrected chi connectivity index (χ1v) is 13.2. The number of aryl methyl sites for hydroxylation is 1. The first-order chi connectivity index (χ1) is 16.1. The van der Waals surface area contributed by atoms with Gasteiger partial charge >= 0.3 is 0 Å². The Labute approximate surface area is 211 Å². The van der Waals surface area contributed by atoms with Crippen LogP contribution in [0.15, 0.2) is 29.2 Å². The van der Waals surface area contributed by atoms with Crippen LogP contribution in [0, 0.1) is 15.9 Å². The predicted molar refractivity (Wildman–Crippen MR) is 138 cm³/mol. The van der Waals surface area contributed by atoms with Crippen molar-refractivity contribution >= 4 is 34.2 Å². The van der Waals surface area contributed by atoms with Gasteiger partial charge < -0.3 is 15.2 Å². The third-order valence-electron chi connectivity index (χ3n) is 8.02. The molecule has 1 aromatic heterocycles. The van der Waals surface area contributed by atoms with Crippen LogP contribution in [0.4, 0.5) is 14.5 Å². The number of nitrogens with zero attached hydrogens (tertiary/aromatic N) is 2. The Balaban J connectivity index is 1.62. The standard InChI is InChI=1S/C26H30F2IN3O2/c1-16-14-19(24(34)32(15-16)17-4-6-26(27,28)7-5-17)21-20(29)3-2-18(23(30)33)22(21)31-12-10-25(8-9-25)11-13-31/h2-3,14-15,17H,4-13H2,1H3,(H2,30,33). The number of anilines is 1. The average Bonchev–Trinajstić information content (AvgIpc) is 3.54. The maximum atomic E-state index is 13.8. The summed E-state index contributed by atoms with van der Waals surface area (Å²) in [6.45, 7) is 3.56. The van der Waals surface area contributed by atoms with Gasteiger partial charge in [-0.3, -0.25) is 9.59 Å². The minimum atomic E-state index is -2.65. The highest BCUT2D eigenvalue weighted by molar-refractivity contribution is 14.1. The number of hydrogen-bond donors (Lipinski definition) is 1. The fourth-order valence-electron chi connectivity index (χ4n) is 5.73. The SMILES string of the molecule is Cc1cc(-c2c(I)ccc(C(N)=O)c2N2CCC3(CC2)CC3)c(=O)n(C2CCC(F)(F)CC2)c1. The van der Waals surface area contributed by atoms with E-state index in [1.54, 1.807) is 16.8 Å². The quantitative estimate of drug-likeness (QED) is 0.475. The number of pyridine rings is 1. The summed E-state index contributed by atoms with van der Waals surface area (Å²) in [7, 11) is 0. The van der Waals surface area contributed by atoms with Crippen LogP contribution >= 0.6 is 22.6 Å². The molecule has 5 nitrogen and oxygen atoms in total. The molecule has 3 aliphatic rings. The van der Waals surface area contributed by atoms with E-state index in [9.17, 15) is 18.4 Å². The number of amides is 1. The zero-order chi connectivity index (χ0) is 24.3. The van der Waals surface area contributed by atoms with Gasteiger partial charge in [-0.05, 0) is 97.2 Å². The van der Waals surface area contributed by atoms with Gasteiger partial charge in [0.25, 0.3) is 11.5 Å². The van der Waals surface area contributed by atoms with Crippen molar-refractivity contribution < 1.29 is 13.6 Å². The van der Waals surface area contributed by atoms with Crippen LogP contribution in [-0.2, 0) is 0 Å². The minimum Gasteiger partial charge on any atom is -0.370 e. The van der Waals surface area contributed by atoms with E-state index in [-0.39, 0.29) is 37.3 Å². The molecule has 2 heterocycles. The molecule has 2 saturated carbocycles. The van der Waals surface area contributed by atoms with Crippen molar-refractivity contribution in [2.24, 2.45) is 11.1 Å². The van der Waals surface area contributed by atoms with Gasteiger partial charge in [-0.1, -0.05) is 0 Å². The molecule has 8 heteroatoms. The molecular formula is C26H30F2IN3O2. The third-order valence-corrected chi connectivity index (χ3v) is 8.92.